The summed E-state index contributed by atoms with van der Waals surface area (Å²) in [6.45, 7) is 4.56. The lowest BCUT2D eigenvalue weighted by Crippen LogP contribution is -2.39. The number of aromatic nitrogens is 1. The monoisotopic (exact) mass is 305 g/mol. The Morgan fingerprint density at radius 2 is 2.10 bits per heavy atom. The minimum absolute atomic E-state index is 0.0964. The van der Waals surface area contributed by atoms with Crippen LogP contribution in [0.15, 0.2) is 42.6 Å². The van der Waals surface area contributed by atoms with Crippen LogP contribution in [-0.4, -0.2) is 21.5 Å². The van der Waals surface area contributed by atoms with Gasteiger partial charge in [-0.3, -0.25) is 0 Å². The molecular weight excluding hydrogens is 286 g/mol. The van der Waals surface area contributed by atoms with Crippen LogP contribution < -0.4 is 5.32 Å². The molecule has 1 aromatic heterocycles. The zero-order valence-corrected chi connectivity index (χ0v) is 13.3. The largest absolute Gasteiger partial charge is 0.353 e. The first-order valence-corrected chi connectivity index (χ1v) is 7.28. The number of carbonyl (C=O) groups is 1. The van der Waals surface area contributed by atoms with E-state index in [0.717, 1.165) is 5.69 Å². The fraction of sp³-hybridized carbons (Fsp3) is 0.312. The van der Waals surface area contributed by atoms with E-state index in [-0.39, 0.29) is 12.1 Å². The molecule has 2 rings (SSSR count). The molecule has 1 heterocycles. The van der Waals surface area contributed by atoms with Gasteiger partial charge in [0.1, 0.15) is 0 Å². The smallest absolute Gasteiger partial charge is 0.322 e. The third-order valence-corrected chi connectivity index (χ3v) is 3.58. The van der Waals surface area contributed by atoms with Crippen LogP contribution in [0.2, 0.25) is 5.02 Å². The van der Waals surface area contributed by atoms with Crippen LogP contribution >= 0.6 is 11.6 Å². The Labute approximate surface area is 130 Å². The van der Waals surface area contributed by atoms with E-state index in [1.54, 1.807) is 17.0 Å². The summed E-state index contributed by atoms with van der Waals surface area (Å²) in [4.78, 5) is 14.3. The SMILES string of the molecule is CC(C)N(Cc1cccn1C)C(=O)Nc1cccc(Cl)c1. The highest BCUT2D eigenvalue weighted by Crippen LogP contribution is 2.17. The Balaban J connectivity index is 2.11. The molecule has 0 spiro atoms. The lowest BCUT2D eigenvalue weighted by molar-refractivity contribution is 0.192. The van der Waals surface area contributed by atoms with Gasteiger partial charge in [-0.25, -0.2) is 4.79 Å². The molecule has 0 aliphatic rings. The highest BCUT2D eigenvalue weighted by Gasteiger charge is 2.18. The lowest BCUT2D eigenvalue weighted by atomic mass is 10.3. The Hall–Kier alpha value is -1.94. The van der Waals surface area contributed by atoms with Crippen LogP contribution in [-0.2, 0) is 13.6 Å². The maximum atomic E-state index is 12.5. The molecule has 0 saturated heterocycles. The normalized spacial score (nSPS) is 10.7. The van der Waals surface area contributed by atoms with Crippen molar-refractivity contribution in [3.05, 3.63) is 53.3 Å². The van der Waals surface area contributed by atoms with Gasteiger partial charge in [-0.2, -0.15) is 0 Å². The van der Waals surface area contributed by atoms with Crippen LogP contribution in [0.3, 0.4) is 0 Å². The van der Waals surface area contributed by atoms with Crippen molar-refractivity contribution in [1.29, 1.82) is 0 Å². The molecular formula is C16H20ClN3O. The molecule has 5 heteroatoms. The van der Waals surface area contributed by atoms with E-state index in [1.807, 2.05) is 55.9 Å². The van der Waals surface area contributed by atoms with E-state index in [2.05, 4.69) is 5.32 Å². The molecule has 0 aliphatic carbocycles. The van der Waals surface area contributed by atoms with Gasteiger partial charge in [0, 0.05) is 35.7 Å². The predicted molar refractivity (Wildman–Crippen MR) is 86.6 cm³/mol. The quantitative estimate of drug-likeness (QED) is 0.906. The molecule has 0 radical (unpaired) electrons. The number of hydrogen-bond donors (Lipinski definition) is 1. The van der Waals surface area contributed by atoms with Crippen molar-refractivity contribution >= 4 is 23.3 Å². The number of amides is 2. The zero-order valence-electron chi connectivity index (χ0n) is 12.5. The highest BCUT2D eigenvalue weighted by molar-refractivity contribution is 6.30. The number of rotatable bonds is 4. The number of hydrogen-bond acceptors (Lipinski definition) is 1. The Morgan fingerprint density at radius 3 is 2.67 bits per heavy atom. The Bertz CT molecular complexity index is 621. The van der Waals surface area contributed by atoms with Gasteiger partial charge in [0.2, 0.25) is 0 Å². The summed E-state index contributed by atoms with van der Waals surface area (Å²) < 4.78 is 2.02. The molecule has 1 aromatic carbocycles. The molecule has 0 aliphatic heterocycles. The molecule has 21 heavy (non-hydrogen) atoms. The van der Waals surface area contributed by atoms with Crippen molar-refractivity contribution in [2.75, 3.05) is 5.32 Å². The van der Waals surface area contributed by atoms with Gasteiger partial charge in [-0.05, 0) is 44.2 Å². The third-order valence-electron chi connectivity index (χ3n) is 3.34. The second-order valence-electron chi connectivity index (χ2n) is 5.27. The number of nitrogens with zero attached hydrogens (tertiary/aromatic N) is 2. The van der Waals surface area contributed by atoms with E-state index in [4.69, 9.17) is 11.6 Å². The molecule has 0 saturated carbocycles. The molecule has 0 atom stereocenters. The third kappa shape index (κ3) is 4.02. The van der Waals surface area contributed by atoms with Crippen LogP contribution in [0.4, 0.5) is 10.5 Å². The Kier molecular flexibility index (Phi) is 4.91. The van der Waals surface area contributed by atoms with Crippen molar-refractivity contribution in [2.45, 2.75) is 26.4 Å². The van der Waals surface area contributed by atoms with Gasteiger partial charge in [0.25, 0.3) is 0 Å². The van der Waals surface area contributed by atoms with Gasteiger partial charge < -0.3 is 14.8 Å². The average molecular weight is 306 g/mol. The topological polar surface area (TPSA) is 37.3 Å². The van der Waals surface area contributed by atoms with Crippen molar-refractivity contribution in [3.8, 4) is 0 Å². The molecule has 1 N–H and O–H groups in total. The van der Waals surface area contributed by atoms with Gasteiger partial charge in [0.15, 0.2) is 0 Å². The summed E-state index contributed by atoms with van der Waals surface area (Å²) in [6.07, 6.45) is 1.97. The minimum Gasteiger partial charge on any atom is -0.353 e. The van der Waals surface area contributed by atoms with Crippen LogP contribution in [0.1, 0.15) is 19.5 Å². The summed E-state index contributed by atoms with van der Waals surface area (Å²) in [6, 6.07) is 11.1. The van der Waals surface area contributed by atoms with E-state index in [0.29, 0.717) is 17.3 Å². The number of anilines is 1. The van der Waals surface area contributed by atoms with Crippen LogP contribution in [0.5, 0.6) is 0 Å². The van der Waals surface area contributed by atoms with Crippen molar-refractivity contribution in [1.82, 2.24) is 9.47 Å². The summed E-state index contributed by atoms with van der Waals surface area (Å²) in [5.41, 5.74) is 1.79. The molecule has 0 bridgehead atoms. The van der Waals surface area contributed by atoms with Crippen LogP contribution in [0.25, 0.3) is 0 Å². The number of urea groups is 1. The fourth-order valence-electron chi connectivity index (χ4n) is 2.09. The first-order chi connectivity index (χ1) is 9.97. The number of carbonyl (C=O) groups excluding carboxylic acids is 1. The van der Waals surface area contributed by atoms with Gasteiger partial charge in [-0.1, -0.05) is 17.7 Å². The van der Waals surface area contributed by atoms with Crippen molar-refractivity contribution < 1.29 is 4.79 Å². The first kappa shape index (κ1) is 15.4. The van der Waals surface area contributed by atoms with E-state index < -0.39 is 0 Å². The van der Waals surface area contributed by atoms with Crippen molar-refractivity contribution in [3.63, 3.8) is 0 Å². The molecule has 2 aromatic rings. The molecule has 0 unspecified atom stereocenters. The predicted octanol–water partition coefficient (Wildman–Crippen LogP) is 4.12. The first-order valence-electron chi connectivity index (χ1n) is 6.91. The number of aryl methyl sites for hydroxylation is 1. The summed E-state index contributed by atoms with van der Waals surface area (Å²) in [5, 5.41) is 3.49. The Morgan fingerprint density at radius 1 is 1.33 bits per heavy atom. The second-order valence-corrected chi connectivity index (χ2v) is 5.71. The van der Waals surface area contributed by atoms with E-state index in [1.165, 1.54) is 0 Å². The zero-order chi connectivity index (χ0) is 15.4. The van der Waals surface area contributed by atoms with Gasteiger partial charge in [0.05, 0.1) is 6.54 Å². The van der Waals surface area contributed by atoms with E-state index >= 15 is 0 Å². The average Bonchev–Trinajstić information content (AvgIpc) is 2.81. The summed E-state index contributed by atoms with van der Waals surface area (Å²) in [5.74, 6) is 0. The fourth-order valence-corrected chi connectivity index (χ4v) is 2.28. The molecule has 4 nitrogen and oxygen atoms in total. The van der Waals surface area contributed by atoms with Crippen molar-refractivity contribution in [2.24, 2.45) is 7.05 Å². The van der Waals surface area contributed by atoms with Gasteiger partial charge >= 0.3 is 6.03 Å². The van der Waals surface area contributed by atoms with Crippen LogP contribution in [0, 0.1) is 0 Å². The molecule has 2 amide bonds. The highest BCUT2D eigenvalue weighted by atomic mass is 35.5. The maximum absolute atomic E-state index is 12.5. The summed E-state index contributed by atoms with van der Waals surface area (Å²) >= 11 is 5.94. The number of nitrogens with one attached hydrogen (secondary N) is 1. The minimum atomic E-state index is -0.131. The summed E-state index contributed by atoms with van der Waals surface area (Å²) in [7, 11) is 1.97. The maximum Gasteiger partial charge on any atom is 0.322 e. The van der Waals surface area contributed by atoms with E-state index in [9.17, 15) is 4.79 Å². The van der Waals surface area contributed by atoms with Gasteiger partial charge in [-0.15, -0.1) is 0 Å². The molecule has 112 valence electrons. The number of halogens is 1. The lowest BCUT2D eigenvalue weighted by Gasteiger charge is -2.27. The second kappa shape index (κ2) is 6.68. The molecule has 0 fully saturated rings. The standard InChI is InChI=1S/C16H20ClN3O/c1-12(2)20(11-15-8-5-9-19(15)3)16(21)18-14-7-4-6-13(17)10-14/h4-10,12H,11H2,1-3H3,(H,18,21). The number of benzene rings is 1.